The summed E-state index contributed by atoms with van der Waals surface area (Å²) in [5, 5.41) is 2.75. The molecule has 25 heavy (non-hydrogen) atoms. The van der Waals surface area contributed by atoms with Gasteiger partial charge in [-0.2, -0.15) is 4.31 Å². The van der Waals surface area contributed by atoms with Crippen LogP contribution in [0.3, 0.4) is 0 Å². The summed E-state index contributed by atoms with van der Waals surface area (Å²) in [7, 11) is -3.74. The number of benzene rings is 2. The number of nitrogens with zero attached hydrogens (tertiary/aromatic N) is 1. The van der Waals surface area contributed by atoms with E-state index in [-0.39, 0.29) is 23.5 Å². The van der Waals surface area contributed by atoms with E-state index in [0.717, 1.165) is 5.56 Å². The second-order valence-corrected chi connectivity index (χ2v) is 7.74. The van der Waals surface area contributed by atoms with Crippen LogP contribution in [0.1, 0.15) is 15.9 Å². The number of carbonyl (C=O) groups is 1. The fraction of sp³-hybridized carbons (Fsp3) is 0.278. The van der Waals surface area contributed by atoms with Gasteiger partial charge in [-0.25, -0.2) is 8.42 Å². The molecule has 0 radical (unpaired) electrons. The summed E-state index contributed by atoms with van der Waals surface area (Å²) < 4.78 is 32.4. The number of hydrogen-bond acceptors (Lipinski definition) is 4. The standard InChI is InChI=1S/C18H20N2O4S/c1-14-6-8-15(9-7-14)19-18(21)16-4-2-3-5-17(16)25(22,23)20-10-12-24-13-11-20/h2-9H,10-13H2,1H3,(H,19,21). The molecule has 1 N–H and O–H groups in total. The third-order valence-corrected chi connectivity index (χ3v) is 5.99. The Morgan fingerprint density at radius 1 is 1.04 bits per heavy atom. The highest BCUT2D eigenvalue weighted by atomic mass is 32.2. The molecule has 2 aromatic rings. The molecular formula is C18H20N2O4S. The maximum atomic E-state index is 12.9. The first-order chi connectivity index (χ1) is 12.0. The molecule has 0 saturated carbocycles. The fourth-order valence-corrected chi connectivity index (χ4v) is 4.24. The van der Waals surface area contributed by atoms with Crippen molar-refractivity contribution < 1.29 is 17.9 Å². The van der Waals surface area contributed by atoms with Crippen LogP contribution in [0.2, 0.25) is 0 Å². The van der Waals surface area contributed by atoms with E-state index in [1.54, 1.807) is 24.3 Å². The van der Waals surface area contributed by atoms with Gasteiger partial charge in [-0.1, -0.05) is 29.8 Å². The van der Waals surface area contributed by atoms with Gasteiger partial charge in [0, 0.05) is 18.8 Å². The van der Waals surface area contributed by atoms with Crippen molar-refractivity contribution in [1.82, 2.24) is 4.31 Å². The minimum absolute atomic E-state index is 0.0153. The molecule has 3 rings (SSSR count). The lowest BCUT2D eigenvalue weighted by atomic mass is 10.2. The number of amides is 1. The van der Waals surface area contributed by atoms with Crippen molar-refractivity contribution in [2.75, 3.05) is 31.6 Å². The first-order valence-electron chi connectivity index (χ1n) is 8.03. The SMILES string of the molecule is Cc1ccc(NC(=O)c2ccccc2S(=O)(=O)N2CCOCC2)cc1. The highest BCUT2D eigenvalue weighted by molar-refractivity contribution is 7.89. The molecule has 0 spiro atoms. The van der Waals surface area contributed by atoms with Gasteiger partial charge in [0.05, 0.1) is 23.7 Å². The maximum Gasteiger partial charge on any atom is 0.257 e. The molecule has 0 bridgehead atoms. The molecule has 0 atom stereocenters. The minimum atomic E-state index is -3.74. The number of ether oxygens (including phenoxy) is 1. The number of hydrogen-bond donors (Lipinski definition) is 1. The van der Waals surface area contributed by atoms with Crippen LogP contribution in [0.5, 0.6) is 0 Å². The van der Waals surface area contributed by atoms with Crippen LogP contribution >= 0.6 is 0 Å². The summed E-state index contributed by atoms with van der Waals surface area (Å²) in [6.45, 7) is 3.25. The van der Waals surface area contributed by atoms with E-state index in [9.17, 15) is 13.2 Å². The number of rotatable bonds is 4. The largest absolute Gasteiger partial charge is 0.379 e. The van der Waals surface area contributed by atoms with Crippen molar-refractivity contribution in [3.05, 3.63) is 59.7 Å². The second kappa shape index (κ2) is 7.35. The Labute approximate surface area is 147 Å². The van der Waals surface area contributed by atoms with E-state index in [4.69, 9.17) is 4.74 Å². The van der Waals surface area contributed by atoms with Crippen LogP contribution in [-0.4, -0.2) is 44.9 Å². The quantitative estimate of drug-likeness (QED) is 0.907. The average molecular weight is 360 g/mol. The van der Waals surface area contributed by atoms with Crippen molar-refractivity contribution in [2.45, 2.75) is 11.8 Å². The summed E-state index contributed by atoms with van der Waals surface area (Å²) in [6.07, 6.45) is 0. The Morgan fingerprint density at radius 3 is 2.36 bits per heavy atom. The molecule has 6 nitrogen and oxygen atoms in total. The zero-order valence-electron chi connectivity index (χ0n) is 13.9. The zero-order valence-corrected chi connectivity index (χ0v) is 14.8. The Hall–Kier alpha value is -2.22. The number of carbonyl (C=O) groups excluding carboxylic acids is 1. The summed E-state index contributed by atoms with van der Waals surface area (Å²) in [5.41, 5.74) is 1.83. The van der Waals surface area contributed by atoms with Gasteiger partial charge in [0.25, 0.3) is 5.91 Å². The van der Waals surface area contributed by atoms with Crippen LogP contribution in [0, 0.1) is 6.92 Å². The van der Waals surface area contributed by atoms with Gasteiger partial charge in [-0.3, -0.25) is 4.79 Å². The third-order valence-electron chi connectivity index (χ3n) is 4.03. The minimum Gasteiger partial charge on any atom is -0.379 e. The van der Waals surface area contributed by atoms with Crippen LogP contribution in [0.15, 0.2) is 53.4 Å². The highest BCUT2D eigenvalue weighted by Gasteiger charge is 2.30. The van der Waals surface area contributed by atoms with Gasteiger partial charge in [-0.15, -0.1) is 0 Å². The molecule has 0 aliphatic carbocycles. The number of morpholine rings is 1. The molecule has 1 fully saturated rings. The highest BCUT2D eigenvalue weighted by Crippen LogP contribution is 2.22. The predicted octanol–water partition coefficient (Wildman–Crippen LogP) is 2.27. The number of sulfonamides is 1. The third kappa shape index (κ3) is 3.89. The summed E-state index contributed by atoms with van der Waals surface area (Å²) in [5.74, 6) is -0.448. The van der Waals surface area contributed by atoms with Gasteiger partial charge < -0.3 is 10.1 Å². The van der Waals surface area contributed by atoms with E-state index in [2.05, 4.69) is 5.32 Å². The number of anilines is 1. The van der Waals surface area contributed by atoms with E-state index < -0.39 is 15.9 Å². The first kappa shape index (κ1) is 17.6. The summed E-state index contributed by atoms with van der Waals surface area (Å²) in [4.78, 5) is 12.6. The predicted molar refractivity (Wildman–Crippen MR) is 95.2 cm³/mol. The molecule has 1 saturated heterocycles. The van der Waals surface area contributed by atoms with Gasteiger partial charge in [0.2, 0.25) is 10.0 Å². The Bertz CT molecular complexity index is 857. The molecule has 1 amide bonds. The fourth-order valence-electron chi connectivity index (χ4n) is 2.64. The molecular weight excluding hydrogens is 340 g/mol. The van der Waals surface area contributed by atoms with E-state index in [1.807, 2.05) is 19.1 Å². The molecule has 2 aromatic carbocycles. The van der Waals surface area contributed by atoms with E-state index in [1.165, 1.54) is 16.4 Å². The van der Waals surface area contributed by atoms with Crippen LogP contribution in [0.25, 0.3) is 0 Å². The molecule has 132 valence electrons. The lowest BCUT2D eigenvalue weighted by Crippen LogP contribution is -2.41. The van der Waals surface area contributed by atoms with Crippen LogP contribution < -0.4 is 5.32 Å². The topological polar surface area (TPSA) is 75.7 Å². The van der Waals surface area contributed by atoms with Gasteiger partial charge >= 0.3 is 0 Å². The maximum absolute atomic E-state index is 12.9. The number of nitrogens with one attached hydrogen (secondary N) is 1. The Kier molecular flexibility index (Phi) is 5.17. The molecule has 1 heterocycles. The van der Waals surface area contributed by atoms with Crippen molar-refractivity contribution in [2.24, 2.45) is 0 Å². The van der Waals surface area contributed by atoms with Crippen LogP contribution in [-0.2, 0) is 14.8 Å². The van der Waals surface area contributed by atoms with E-state index in [0.29, 0.717) is 18.9 Å². The Balaban J connectivity index is 1.89. The first-order valence-corrected chi connectivity index (χ1v) is 9.47. The van der Waals surface area contributed by atoms with Crippen molar-refractivity contribution >= 4 is 21.6 Å². The van der Waals surface area contributed by atoms with Crippen molar-refractivity contribution in [3.63, 3.8) is 0 Å². The molecule has 1 aliphatic rings. The lowest BCUT2D eigenvalue weighted by Gasteiger charge is -2.26. The summed E-state index contributed by atoms with van der Waals surface area (Å²) in [6, 6.07) is 13.6. The smallest absolute Gasteiger partial charge is 0.257 e. The second-order valence-electron chi connectivity index (χ2n) is 5.83. The molecule has 0 unspecified atom stereocenters. The monoisotopic (exact) mass is 360 g/mol. The van der Waals surface area contributed by atoms with Gasteiger partial charge in [-0.05, 0) is 31.2 Å². The molecule has 7 heteroatoms. The lowest BCUT2D eigenvalue weighted by molar-refractivity contribution is 0.0730. The molecule has 1 aliphatic heterocycles. The summed E-state index contributed by atoms with van der Waals surface area (Å²) >= 11 is 0. The average Bonchev–Trinajstić information content (AvgIpc) is 2.64. The van der Waals surface area contributed by atoms with Crippen LogP contribution in [0.4, 0.5) is 5.69 Å². The zero-order chi connectivity index (χ0) is 17.9. The normalized spacial score (nSPS) is 15.7. The van der Waals surface area contributed by atoms with Crippen molar-refractivity contribution in [3.8, 4) is 0 Å². The van der Waals surface area contributed by atoms with Crippen molar-refractivity contribution in [1.29, 1.82) is 0 Å². The van der Waals surface area contributed by atoms with E-state index >= 15 is 0 Å². The van der Waals surface area contributed by atoms with Gasteiger partial charge in [0.1, 0.15) is 0 Å². The molecule has 0 aromatic heterocycles. The Morgan fingerprint density at radius 2 is 1.68 bits per heavy atom. The van der Waals surface area contributed by atoms with Gasteiger partial charge in [0.15, 0.2) is 0 Å². The number of aryl methyl sites for hydroxylation is 1.